The Morgan fingerprint density at radius 1 is 0.618 bits per heavy atom. The second-order valence-electron chi connectivity index (χ2n) is 8.68. The number of hydrogen-bond donors (Lipinski definition) is 1. The van der Waals surface area contributed by atoms with E-state index in [9.17, 15) is 0 Å². The number of anilines is 2. The van der Waals surface area contributed by atoms with Crippen LogP contribution in [0.3, 0.4) is 0 Å². The minimum atomic E-state index is 0.333. The molecule has 0 bridgehead atoms. The van der Waals surface area contributed by atoms with Gasteiger partial charge in [-0.05, 0) is 91.4 Å². The Morgan fingerprint density at radius 3 is 1.56 bits per heavy atom. The fraction of sp³-hybridized carbons (Fsp3) is 0.226. The van der Waals surface area contributed by atoms with E-state index in [1.54, 1.807) is 14.2 Å². The SMILES string of the molecule is COc1ccc(C(CCCc2ccc(Nc3ccc(C)cc3)cc2)c2ccc(OC)cc2)cc1. The van der Waals surface area contributed by atoms with Gasteiger partial charge in [0.2, 0.25) is 0 Å². The molecule has 0 fully saturated rings. The topological polar surface area (TPSA) is 30.5 Å². The predicted octanol–water partition coefficient (Wildman–Crippen LogP) is 7.91. The zero-order valence-corrected chi connectivity index (χ0v) is 20.3. The third-order valence-corrected chi connectivity index (χ3v) is 6.29. The lowest BCUT2D eigenvalue weighted by molar-refractivity contribution is 0.414. The van der Waals surface area contributed by atoms with Crippen molar-refractivity contribution in [1.82, 2.24) is 0 Å². The molecule has 3 heteroatoms. The van der Waals surface area contributed by atoms with Crippen LogP contribution in [-0.4, -0.2) is 14.2 Å². The summed E-state index contributed by atoms with van der Waals surface area (Å²) in [4.78, 5) is 0. The zero-order chi connectivity index (χ0) is 23.8. The summed E-state index contributed by atoms with van der Waals surface area (Å²) in [5.41, 5.74) is 7.47. The van der Waals surface area contributed by atoms with Crippen LogP contribution >= 0.6 is 0 Å². The second-order valence-corrected chi connectivity index (χ2v) is 8.68. The van der Waals surface area contributed by atoms with Gasteiger partial charge in [0.05, 0.1) is 14.2 Å². The summed E-state index contributed by atoms with van der Waals surface area (Å²) in [7, 11) is 3.41. The highest BCUT2D eigenvalue weighted by Crippen LogP contribution is 2.32. The van der Waals surface area contributed by atoms with Crippen LogP contribution in [0.1, 0.15) is 41.0 Å². The van der Waals surface area contributed by atoms with Gasteiger partial charge < -0.3 is 14.8 Å². The summed E-state index contributed by atoms with van der Waals surface area (Å²) >= 11 is 0. The molecule has 0 aliphatic heterocycles. The molecule has 0 amide bonds. The first-order valence-corrected chi connectivity index (χ1v) is 11.8. The lowest BCUT2D eigenvalue weighted by Crippen LogP contribution is -2.03. The van der Waals surface area contributed by atoms with E-state index < -0.39 is 0 Å². The van der Waals surface area contributed by atoms with Gasteiger partial charge in [-0.3, -0.25) is 0 Å². The summed E-state index contributed by atoms with van der Waals surface area (Å²) in [5, 5.41) is 3.47. The lowest BCUT2D eigenvalue weighted by atomic mass is 9.86. The molecule has 4 rings (SSSR count). The number of hydrogen-bond acceptors (Lipinski definition) is 3. The van der Waals surface area contributed by atoms with Gasteiger partial charge in [-0.15, -0.1) is 0 Å². The Kier molecular flexibility index (Phi) is 7.87. The molecule has 0 saturated heterocycles. The van der Waals surface area contributed by atoms with Crippen molar-refractivity contribution in [3.8, 4) is 11.5 Å². The number of rotatable bonds is 10. The first kappa shape index (κ1) is 23.4. The summed E-state index contributed by atoms with van der Waals surface area (Å²) in [6.07, 6.45) is 3.23. The molecular formula is C31H33NO2. The van der Waals surface area contributed by atoms with Gasteiger partial charge >= 0.3 is 0 Å². The highest BCUT2D eigenvalue weighted by Gasteiger charge is 2.15. The van der Waals surface area contributed by atoms with Gasteiger partial charge in [-0.2, -0.15) is 0 Å². The first-order chi connectivity index (χ1) is 16.6. The fourth-order valence-corrected chi connectivity index (χ4v) is 4.27. The molecule has 1 N–H and O–H groups in total. The Bertz CT molecular complexity index is 1100. The van der Waals surface area contributed by atoms with Crippen LogP contribution in [0.25, 0.3) is 0 Å². The molecule has 0 radical (unpaired) electrons. The molecule has 3 nitrogen and oxygen atoms in total. The zero-order valence-electron chi connectivity index (χ0n) is 20.3. The maximum Gasteiger partial charge on any atom is 0.118 e. The largest absolute Gasteiger partial charge is 0.497 e. The van der Waals surface area contributed by atoms with Crippen molar-refractivity contribution < 1.29 is 9.47 Å². The van der Waals surface area contributed by atoms with Gasteiger partial charge in [0, 0.05) is 17.3 Å². The van der Waals surface area contributed by atoms with Crippen molar-refractivity contribution in [3.63, 3.8) is 0 Å². The molecule has 0 spiro atoms. The third-order valence-electron chi connectivity index (χ3n) is 6.29. The van der Waals surface area contributed by atoms with Crippen LogP contribution in [0.2, 0.25) is 0 Å². The highest BCUT2D eigenvalue weighted by atomic mass is 16.5. The maximum atomic E-state index is 5.35. The summed E-state index contributed by atoms with van der Waals surface area (Å²) in [6, 6.07) is 34.2. The van der Waals surface area contributed by atoms with E-state index in [1.807, 2.05) is 24.3 Å². The number of ether oxygens (including phenoxy) is 2. The van der Waals surface area contributed by atoms with Gasteiger partial charge in [0.15, 0.2) is 0 Å². The van der Waals surface area contributed by atoms with Crippen molar-refractivity contribution in [2.24, 2.45) is 0 Å². The molecule has 0 unspecified atom stereocenters. The van der Waals surface area contributed by atoms with Gasteiger partial charge in [0.1, 0.15) is 11.5 Å². The normalized spacial score (nSPS) is 10.8. The fourth-order valence-electron chi connectivity index (χ4n) is 4.27. The molecule has 174 valence electrons. The predicted molar refractivity (Wildman–Crippen MR) is 142 cm³/mol. The molecule has 0 saturated carbocycles. The summed E-state index contributed by atoms with van der Waals surface area (Å²) < 4.78 is 10.7. The highest BCUT2D eigenvalue weighted by molar-refractivity contribution is 5.60. The lowest BCUT2D eigenvalue weighted by Gasteiger charge is -2.19. The van der Waals surface area contributed by atoms with E-state index in [1.165, 1.54) is 22.3 Å². The van der Waals surface area contributed by atoms with Crippen molar-refractivity contribution in [2.45, 2.75) is 32.1 Å². The quantitative estimate of drug-likeness (QED) is 0.266. The summed E-state index contributed by atoms with van der Waals surface area (Å²) in [5.74, 6) is 2.10. The minimum Gasteiger partial charge on any atom is -0.497 e. The third kappa shape index (κ3) is 6.20. The van der Waals surface area contributed by atoms with Crippen molar-refractivity contribution >= 4 is 11.4 Å². The van der Waals surface area contributed by atoms with Crippen LogP contribution in [-0.2, 0) is 6.42 Å². The molecule has 0 aliphatic rings. The smallest absolute Gasteiger partial charge is 0.118 e. The van der Waals surface area contributed by atoms with Crippen molar-refractivity contribution in [2.75, 3.05) is 19.5 Å². The second kappa shape index (κ2) is 11.4. The number of aryl methyl sites for hydroxylation is 2. The molecular weight excluding hydrogens is 418 g/mol. The molecule has 0 heterocycles. The molecule has 4 aromatic carbocycles. The minimum absolute atomic E-state index is 0.333. The average molecular weight is 452 g/mol. The van der Waals surface area contributed by atoms with Gasteiger partial charge in [-0.1, -0.05) is 54.1 Å². The van der Waals surface area contributed by atoms with E-state index in [2.05, 4.69) is 85.0 Å². The Labute approximate surface area is 203 Å². The number of nitrogens with one attached hydrogen (secondary N) is 1. The Hall–Kier alpha value is -3.72. The van der Waals surface area contributed by atoms with E-state index in [0.717, 1.165) is 42.1 Å². The van der Waals surface area contributed by atoms with E-state index in [-0.39, 0.29) is 0 Å². The molecule has 0 aromatic heterocycles. The summed E-state index contributed by atoms with van der Waals surface area (Å²) in [6.45, 7) is 2.10. The van der Waals surface area contributed by atoms with Crippen LogP contribution in [0.4, 0.5) is 11.4 Å². The molecule has 0 atom stereocenters. The monoisotopic (exact) mass is 451 g/mol. The van der Waals surface area contributed by atoms with E-state index in [4.69, 9.17) is 9.47 Å². The van der Waals surface area contributed by atoms with E-state index in [0.29, 0.717) is 5.92 Å². The standard InChI is InChI=1S/C31H33NO2/c1-23-7-15-27(16-8-23)32-28-17-9-24(10-18-28)5-4-6-31(25-11-19-29(33-2)20-12-25)26-13-21-30(34-3)22-14-26/h7-22,31-32H,4-6H2,1-3H3. The molecule has 0 aliphatic carbocycles. The van der Waals surface area contributed by atoms with Crippen LogP contribution in [0, 0.1) is 6.92 Å². The number of methoxy groups -OCH3 is 2. The maximum absolute atomic E-state index is 5.35. The van der Waals surface area contributed by atoms with Crippen molar-refractivity contribution in [1.29, 1.82) is 0 Å². The van der Waals surface area contributed by atoms with Crippen LogP contribution < -0.4 is 14.8 Å². The van der Waals surface area contributed by atoms with Gasteiger partial charge in [0.25, 0.3) is 0 Å². The molecule has 34 heavy (non-hydrogen) atoms. The van der Waals surface area contributed by atoms with Crippen LogP contribution in [0.5, 0.6) is 11.5 Å². The van der Waals surface area contributed by atoms with Crippen LogP contribution in [0.15, 0.2) is 97.1 Å². The van der Waals surface area contributed by atoms with Crippen molar-refractivity contribution in [3.05, 3.63) is 119 Å². The Morgan fingerprint density at radius 2 is 1.09 bits per heavy atom. The molecule has 4 aromatic rings. The van der Waals surface area contributed by atoms with Gasteiger partial charge in [-0.25, -0.2) is 0 Å². The van der Waals surface area contributed by atoms with E-state index >= 15 is 0 Å². The average Bonchev–Trinajstić information content (AvgIpc) is 2.89. The first-order valence-electron chi connectivity index (χ1n) is 11.8. The number of benzene rings is 4. The Balaban J connectivity index is 1.40.